The molecule has 1 heterocycles. The smallest absolute Gasteiger partial charge is 0.182 e. The molecule has 4 heteroatoms. The highest BCUT2D eigenvalue weighted by molar-refractivity contribution is 14.1. The molecule has 0 aromatic carbocycles. The predicted molar refractivity (Wildman–Crippen MR) is 68.0 cm³/mol. The molecule has 0 aliphatic rings. The summed E-state index contributed by atoms with van der Waals surface area (Å²) in [6.07, 6.45) is 2.26. The van der Waals surface area contributed by atoms with Crippen LogP contribution in [0.1, 0.15) is 30.8 Å². The normalized spacial score (nSPS) is 10.2. The minimum atomic E-state index is 0.123. The maximum atomic E-state index is 11.5. The van der Waals surface area contributed by atoms with Crippen molar-refractivity contribution < 1.29 is 4.79 Å². The number of carbonyl (C=O) groups excluding carboxylic acids is 1. The summed E-state index contributed by atoms with van der Waals surface area (Å²) in [4.78, 5) is 16.7. The highest BCUT2D eigenvalue weighted by Crippen LogP contribution is 2.23. The number of hydrogen-bond donors (Lipinski definition) is 0. The van der Waals surface area contributed by atoms with Crippen molar-refractivity contribution in [2.75, 3.05) is 5.75 Å². The Morgan fingerprint density at radius 3 is 2.86 bits per heavy atom. The van der Waals surface area contributed by atoms with Gasteiger partial charge in [-0.05, 0) is 34.4 Å². The molecule has 0 saturated heterocycles. The summed E-state index contributed by atoms with van der Waals surface area (Å²) >= 11 is 3.88. The monoisotopic (exact) mass is 321 g/mol. The number of ketones is 1. The van der Waals surface area contributed by atoms with Crippen LogP contribution in [0.2, 0.25) is 0 Å². The van der Waals surface area contributed by atoms with E-state index in [-0.39, 0.29) is 5.78 Å². The first-order chi connectivity index (χ1) is 6.69. The van der Waals surface area contributed by atoms with E-state index in [0.29, 0.717) is 12.1 Å². The molecule has 0 bridgehead atoms. The molecule has 14 heavy (non-hydrogen) atoms. The number of aromatic nitrogens is 1. The van der Waals surface area contributed by atoms with E-state index in [9.17, 15) is 4.79 Å². The second kappa shape index (κ2) is 5.70. The quantitative estimate of drug-likeness (QED) is 0.484. The Balaban J connectivity index is 3.07. The molecule has 0 atom stereocenters. The first kappa shape index (κ1) is 12.0. The first-order valence-corrected chi connectivity index (χ1v) is 6.57. The van der Waals surface area contributed by atoms with Crippen LogP contribution < -0.4 is 0 Å². The fourth-order valence-corrected chi connectivity index (χ4v) is 2.55. The highest BCUT2D eigenvalue weighted by atomic mass is 127. The minimum Gasteiger partial charge on any atom is -0.292 e. The van der Waals surface area contributed by atoms with Crippen LogP contribution in [-0.4, -0.2) is 16.5 Å². The maximum Gasteiger partial charge on any atom is 0.182 e. The third-order valence-corrected chi connectivity index (χ3v) is 3.21. The summed E-state index contributed by atoms with van der Waals surface area (Å²) in [6, 6.07) is 2.02. The van der Waals surface area contributed by atoms with Crippen LogP contribution in [0.4, 0.5) is 0 Å². The SMILES string of the molecule is CCSc1cc(I)cnc1C(=O)CC. The van der Waals surface area contributed by atoms with Gasteiger partial charge in [0.05, 0.1) is 0 Å². The van der Waals surface area contributed by atoms with E-state index in [2.05, 4.69) is 34.5 Å². The zero-order valence-corrected chi connectivity index (χ0v) is 11.2. The van der Waals surface area contributed by atoms with Crippen molar-refractivity contribution in [2.45, 2.75) is 25.2 Å². The summed E-state index contributed by atoms with van der Waals surface area (Å²) in [6.45, 7) is 3.94. The Hall–Kier alpha value is -0.100. The van der Waals surface area contributed by atoms with E-state index in [1.807, 2.05) is 13.0 Å². The fraction of sp³-hybridized carbons (Fsp3) is 0.400. The molecule has 0 saturated carbocycles. The summed E-state index contributed by atoms with van der Waals surface area (Å²) in [5.74, 6) is 1.09. The number of nitrogens with zero attached hydrogens (tertiary/aromatic N) is 1. The second-order valence-corrected chi connectivity index (χ2v) is 5.26. The van der Waals surface area contributed by atoms with Crippen molar-refractivity contribution in [3.8, 4) is 0 Å². The van der Waals surface area contributed by atoms with Crippen LogP contribution in [-0.2, 0) is 0 Å². The molecule has 1 aromatic heterocycles. The van der Waals surface area contributed by atoms with E-state index in [0.717, 1.165) is 14.2 Å². The van der Waals surface area contributed by atoms with Gasteiger partial charge in [-0.15, -0.1) is 11.8 Å². The molecular formula is C10H12INOS. The zero-order chi connectivity index (χ0) is 10.6. The highest BCUT2D eigenvalue weighted by Gasteiger charge is 2.11. The Labute approximate surface area is 102 Å². The molecule has 0 fully saturated rings. The van der Waals surface area contributed by atoms with Crippen molar-refractivity contribution >= 4 is 40.1 Å². The Morgan fingerprint density at radius 1 is 1.57 bits per heavy atom. The van der Waals surface area contributed by atoms with E-state index >= 15 is 0 Å². The summed E-state index contributed by atoms with van der Waals surface area (Å²) in [5.41, 5.74) is 0.625. The number of halogens is 1. The molecule has 0 spiro atoms. The van der Waals surface area contributed by atoms with Crippen molar-refractivity contribution in [3.05, 3.63) is 21.5 Å². The summed E-state index contributed by atoms with van der Waals surface area (Å²) in [5, 5.41) is 0. The van der Waals surface area contributed by atoms with Crippen LogP contribution in [0, 0.1) is 3.57 Å². The molecule has 0 unspecified atom stereocenters. The number of Topliss-reactive ketones (excluding diaryl/α,β-unsaturated/α-hetero) is 1. The largest absolute Gasteiger partial charge is 0.292 e. The number of carbonyl (C=O) groups is 1. The van der Waals surface area contributed by atoms with Crippen molar-refractivity contribution in [1.82, 2.24) is 4.98 Å². The average Bonchev–Trinajstić information content (AvgIpc) is 2.17. The third-order valence-electron chi connectivity index (χ3n) is 1.70. The lowest BCUT2D eigenvalue weighted by Gasteiger charge is -2.05. The van der Waals surface area contributed by atoms with Gasteiger partial charge in [-0.2, -0.15) is 0 Å². The minimum absolute atomic E-state index is 0.123. The van der Waals surface area contributed by atoms with E-state index in [4.69, 9.17) is 0 Å². The molecular weight excluding hydrogens is 309 g/mol. The standard InChI is InChI=1S/C10H12INOS/c1-3-8(13)10-9(14-4-2)5-7(11)6-12-10/h5-6H,3-4H2,1-2H3. The van der Waals surface area contributed by atoms with Gasteiger partial charge < -0.3 is 0 Å². The molecule has 2 nitrogen and oxygen atoms in total. The lowest BCUT2D eigenvalue weighted by atomic mass is 10.2. The molecule has 0 aliphatic carbocycles. The summed E-state index contributed by atoms with van der Waals surface area (Å²) in [7, 11) is 0. The molecule has 0 aliphatic heterocycles. The van der Waals surface area contributed by atoms with Gasteiger partial charge in [0.2, 0.25) is 0 Å². The topological polar surface area (TPSA) is 30.0 Å². The second-order valence-electron chi connectivity index (χ2n) is 2.71. The van der Waals surface area contributed by atoms with Gasteiger partial charge in [-0.3, -0.25) is 9.78 Å². The predicted octanol–water partition coefficient (Wildman–Crippen LogP) is 3.39. The molecule has 0 N–H and O–H groups in total. The van der Waals surface area contributed by atoms with Crippen LogP contribution in [0.15, 0.2) is 17.2 Å². The van der Waals surface area contributed by atoms with E-state index < -0.39 is 0 Å². The number of rotatable bonds is 4. The van der Waals surface area contributed by atoms with Gasteiger partial charge in [0.25, 0.3) is 0 Å². The Kier molecular flexibility index (Phi) is 4.88. The fourth-order valence-electron chi connectivity index (χ4n) is 1.06. The van der Waals surface area contributed by atoms with Crippen LogP contribution >= 0.6 is 34.4 Å². The van der Waals surface area contributed by atoms with Gasteiger partial charge in [0.15, 0.2) is 5.78 Å². The van der Waals surface area contributed by atoms with Gasteiger partial charge >= 0.3 is 0 Å². The van der Waals surface area contributed by atoms with Gasteiger partial charge in [-0.25, -0.2) is 0 Å². The Morgan fingerprint density at radius 2 is 2.29 bits per heavy atom. The molecule has 76 valence electrons. The average molecular weight is 321 g/mol. The van der Waals surface area contributed by atoms with Crippen LogP contribution in [0.5, 0.6) is 0 Å². The lowest BCUT2D eigenvalue weighted by Crippen LogP contribution is -2.03. The van der Waals surface area contributed by atoms with Crippen molar-refractivity contribution in [3.63, 3.8) is 0 Å². The number of pyridine rings is 1. The van der Waals surface area contributed by atoms with Gasteiger partial charge in [0.1, 0.15) is 5.69 Å². The molecule has 0 amide bonds. The lowest BCUT2D eigenvalue weighted by molar-refractivity contribution is 0.0980. The number of hydrogen-bond acceptors (Lipinski definition) is 3. The third kappa shape index (κ3) is 2.95. The Bertz CT molecular complexity index is 341. The van der Waals surface area contributed by atoms with Gasteiger partial charge in [-0.1, -0.05) is 13.8 Å². The van der Waals surface area contributed by atoms with Crippen LogP contribution in [0.25, 0.3) is 0 Å². The molecule has 0 radical (unpaired) electrons. The summed E-state index contributed by atoms with van der Waals surface area (Å²) < 4.78 is 1.08. The molecule has 1 aromatic rings. The maximum absolute atomic E-state index is 11.5. The molecule has 1 rings (SSSR count). The van der Waals surface area contributed by atoms with Crippen molar-refractivity contribution in [2.24, 2.45) is 0 Å². The van der Waals surface area contributed by atoms with E-state index in [1.165, 1.54) is 0 Å². The van der Waals surface area contributed by atoms with Crippen molar-refractivity contribution in [1.29, 1.82) is 0 Å². The zero-order valence-electron chi connectivity index (χ0n) is 8.21. The van der Waals surface area contributed by atoms with Gasteiger partial charge in [0, 0.05) is 21.1 Å². The number of thioether (sulfide) groups is 1. The first-order valence-electron chi connectivity index (χ1n) is 4.50. The van der Waals surface area contributed by atoms with E-state index in [1.54, 1.807) is 18.0 Å². The van der Waals surface area contributed by atoms with Crippen LogP contribution in [0.3, 0.4) is 0 Å².